The van der Waals surface area contributed by atoms with E-state index in [1.807, 2.05) is 0 Å². The van der Waals surface area contributed by atoms with Gasteiger partial charge in [0.25, 0.3) is 5.91 Å². The van der Waals surface area contributed by atoms with Crippen molar-refractivity contribution in [1.29, 1.82) is 5.26 Å². The third kappa shape index (κ3) is 3.88. The Morgan fingerprint density at radius 2 is 2.06 bits per heavy atom. The number of carbonyl (C=O) groups is 1. The highest BCUT2D eigenvalue weighted by atomic mass is 35.5. The van der Waals surface area contributed by atoms with E-state index in [1.54, 1.807) is 14.0 Å². The number of hydrogen-bond acceptors (Lipinski definition) is 3. The number of nitrogens with zero attached hydrogens (tertiary/aromatic N) is 3. The zero-order valence-corrected chi connectivity index (χ0v) is 11.0. The highest BCUT2D eigenvalue weighted by Crippen LogP contribution is 2.16. The topological polar surface area (TPSA) is 57.0 Å². The van der Waals surface area contributed by atoms with Gasteiger partial charge in [-0.2, -0.15) is 5.26 Å². The van der Waals surface area contributed by atoms with E-state index in [1.165, 1.54) is 17.0 Å². The van der Waals surface area contributed by atoms with Crippen molar-refractivity contribution in [3.63, 3.8) is 0 Å². The van der Waals surface area contributed by atoms with Crippen molar-refractivity contribution in [2.75, 3.05) is 13.6 Å². The van der Waals surface area contributed by atoms with Gasteiger partial charge in [0.15, 0.2) is 0 Å². The van der Waals surface area contributed by atoms with Gasteiger partial charge in [-0.15, -0.1) is 0 Å². The molecular formula is C11H11Cl2N3O. The van der Waals surface area contributed by atoms with Gasteiger partial charge in [0.1, 0.15) is 10.3 Å². The lowest BCUT2D eigenvalue weighted by Gasteiger charge is -2.18. The molecular weight excluding hydrogens is 261 g/mol. The summed E-state index contributed by atoms with van der Waals surface area (Å²) in [6, 6.07) is 4.96. The Hall–Kier alpha value is -1.31. The van der Waals surface area contributed by atoms with E-state index in [0.717, 1.165) is 0 Å². The summed E-state index contributed by atoms with van der Waals surface area (Å²) in [5.74, 6) is -0.463. The lowest BCUT2D eigenvalue weighted by molar-refractivity contribution is 0.0785. The number of aromatic nitrogens is 1. The van der Waals surface area contributed by atoms with Crippen LogP contribution < -0.4 is 0 Å². The molecule has 6 heteroatoms. The lowest BCUT2D eigenvalue weighted by atomic mass is 10.2. The Labute approximate surface area is 110 Å². The van der Waals surface area contributed by atoms with Crippen LogP contribution in [0.4, 0.5) is 0 Å². The highest BCUT2D eigenvalue weighted by molar-refractivity contribution is 6.33. The van der Waals surface area contributed by atoms with Crippen LogP contribution in [0.1, 0.15) is 17.3 Å². The van der Waals surface area contributed by atoms with E-state index in [0.29, 0.717) is 12.1 Å². The first kappa shape index (κ1) is 13.8. The SMILES string of the molecule is CC(C#N)CN(C)C(=O)c1cc(Cl)nc(Cl)c1. The summed E-state index contributed by atoms with van der Waals surface area (Å²) in [6.07, 6.45) is 0. The summed E-state index contributed by atoms with van der Waals surface area (Å²) in [7, 11) is 1.62. The Kier molecular flexibility index (Phi) is 4.73. The molecule has 0 aromatic carbocycles. The molecule has 0 saturated carbocycles. The molecule has 0 bridgehead atoms. The summed E-state index contributed by atoms with van der Waals surface area (Å²) >= 11 is 11.4. The molecule has 1 atom stereocenters. The average Bonchev–Trinajstić information content (AvgIpc) is 2.26. The van der Waals surface area contributed by atoms with E-state index in [2.05, 4.69) is 11.1 Å². The molecule has 0 saturated heterocycles. The summed E-state index contributed by atoms with van der Waals surface area (Å²) in [4.78, 5) is 17.2. The Morgan fingerprint density at radius 3 is 2.53 bits per heavy atom. The minimum Gasteiger partial charge on any atom is -0.340 e. The standard InChI is InChI=1S/C11H11Cl2N3O/c1-7(5-14)6-16(2)11(17)8-3-9(12)15-10(13)4-8/h3-4,7H,6H2,1-2H3. The van der Waals surface area contributed by atoms with Gasteiger partial charge in [-0.25, -0.2) is 4.98 Å². The highest BCUT2D eigenvalue weighted by Gasteiger charge is 2.15. The second-order valence-electron chi connectivity index (χ2n) is 3.72. The van der Waals surface area contributed by atoms with Gasteiger partial charge in [0.05, 0.1) is 12.0 Å². The summed E-state index contributed by atoms with van der Waals surface area (Å²) in [5, 5.41) is 9.02. The second kappa shape index (κ2) is 5.85. The van der Waals surface area contributed by atoms with Crippen LogP contribution >= 0.6 is 23.2 Å². The third-order valence-electron chi connectivity index (χ3n) is 2.12. The van der Waals surface area contributed by atoms with E-state index in [-0.39, 0.29) is 22.1 Å². The maximum atomic E-state index is 12.0. The molecule has 0 fully saturated rings. The van der Waals surface area contributed by atoms with Crippen molar-refractivity contribution in [3.8, 4) is 6.07 Å². The van der Waals surface area contributed by atoms with Gasteiger partial charge in [-0.05, 0) is 19.1 Å². The Balaban J connectivity index is 2.86. The Morgan fingerprint density at radius 1 is 1.53 bits per heavy atom. The quantitative estimate of drug-likeness (QED) is 0.795. The average molecular weight is 272 g/mol. The van der Waals surface area contributed by atoms with Gasteiger partial charge >= 0.3 is 0 Å². The molecule has 0 aliphatic carbocycles. The first-order valence-corrected chi connectivity index (χ1v) is 5.67. The van der Waals surface area contributed by atoms with Crippen molar-refractivity contribution in [2.45, 2.75) is 6.92 Å². The number of rotatable bonds is 3. The van der Waals surface area contributed by atoms with Gasteiger partial charge in [-0.3, -0.25) is 4.79 Å². The predicted octanol–water partition coefficient (Wildman–Crippen LogP) is 2.62. The molecule has 0 radical (unpaired) electrons. The fraction of sp³-hybridized carbons (Fsp3) is 0.364. The fourth-order valence-corrected chi connectivity index (χ4v) is 1.80. The van der Waals surface area contributed by atoms with Crippen LogP contribution in [0.2, 0.25) is 10.3 Å². The van der Waals surface area contributed by atoms with Crippen molar-refractivity contribution in [2.24, 2.45) is 5.92 Å². The number of nitriles is 1. The number of halogens is 2. The molecule has 1 heterocycles. The monoisotopic (exact) mass is 271 g/mol. The molecule has 1 aromatic rings. The first-order chi connectivity index (χ1) is 7.93. The lowest BCUT2D eigenvalue weighted by Crippen LogP contribution is -2.30. The molecule has 4 nitrogen and oxygen atoms in total. The summed E-state index contributed by atoms with van der Waals surface area (Å²) < 4.78 is 0. The van der Waals surface area contributed by atoms with Crippen LogP contribution in [0.5, 0.6) is 0 Å². The predicted molar refractivity (Wildman–Crippen MR) is 66.0 cm³/mol. The number of carbonyl (C=O) groups excluding carboxylic acids is 1. The normalized spacial score (nSPS) is 11.7. The van der Waals surface area contributed by atoms with E-state index in [9.17, 15) is 4.79 Å². The molecule has 0 aliphatic heterocycles. The zero-order valence-electron chi connectivity index (χ0n) is 9.44. The maximum absolute atomic E-state index is 12.0. The number of amides is 1. The molecule has 90 valence electrons. The van der Waals surface area contributed by atoms with Crippen molar-refractivity contribution in [1.82, 2.24) is 9.88 Å². The van der Waals surface area contributed by atoms with Crippen LogP contribution in [0.15, 0.2) is 12.1 Å². The first-order valence-electron chi connectivity index (χ1n) is 4.92. The van der Waals surface area contributed by atoms with E-state index < -0.39 is 0 Å². The third-order valence-corrected chi connectivity index (χ3v) is 2.51. The molecule has 1 rings (SSSR count). The largest absolute Gasteiger partial charge is 0.340 e. The summed E-state index contributed by atoms with van der Waals surface area (Å²) in [5.41, 5.74) is 0.364. The fourth-order valence-electron chi connectivity index (χ4n) is 1.34. The number of hydrogen-bond donors (Lipinski definition) is 0. The van der Waals surface area contributed by atoms with Crippen LogP contribution in [0.25, 0.3) is 0 Å². The van der Waals surface area contributed by atoms with Crippen LogP contribution in [-0.4, -0.2) is 29.4 Å². The summed E-state index contributed by atoms with van der Waals surface area (Å²) in [6.45, 7) is 2.10. The minimum absolute atomic E-state index is 0.169. The number of pyridine rings is 1. The molecule has 0 N–H and O–H groups in total. The van der Waals surface area contributed by atoms with Crippen LogP contribution in [0, 0.1) is 17.2 Å². The smallest absolute Gasteiger partial charge is 0.253 e. The molecule has 17 heavy (non-hydrogen) atoms. The van der Waals surface area contributed by atoms with Crippen LogP contribution in [0.3, 0.4) is 0 Å². The molecule has 1 aromatic heterocycles. The van der Waals surface area contributed by atoms with E-state index >= 15 is 0 Å². The zero-order chi connectivity index (χ0) is 13.0. The van der Waals surface area contributed by atoms with Gasteiger partial charge < -0.3 is 4.90 Å². The molecule has 1 unspecified atom stereocenters. The van der Waals surface area contributed by atoms with Crippen LogP contribution in [-0.2, 0) is 0 Å². The maximum Gasteiger partial charge on any atom is 0.253 e. The van der Waals surface area contributed by atoms with Gasteiger partial charge in [-0.1, -0.05) is 23.2 Å². The van der Waals surface area contributed by atoms with Crippen molar-refractivity contribution in [3.05, 3.63) is 28.0 Å². The minimum atomic E-state index is -0.238. The molecule has 0 aliphatic rings. The van der Waals surface area contributed by atoms with Crippen molar-refractivity contribution >= 4 is 29.1 Å². The Bertz CT molecular complexity index is 450. The van der Waals surface area contributed by atoms with Gasteiger partial charge in [0, 0.05) is 19.2 Å². The molecule has 0 spiro atoms. The molecule has 1 amide bonds. The second-order valence-corrected chi connectivity index (χ2v) is 4.49. The van der Waals surface area contributed by atoms with Crippen molar-refractivity contribution < 1.29 is 4.79 Å². The van der Waals surface area contributed by atoms with E-state index in [4.69, 9.17) is 28.5 Å². The van der Waals surface area contributed by atoms with Gasteiger partial charge in [0.2, 0.25) is 0 Å².